The topological polar surface area (TPSA) is 26.7 Å². The summed E-state index contributed by atoms with van der Waals surface area (Å²) in [4.78, 5) is 7.51. The second-order valence-corrected chi connectivity index (χ2v) is 6.49. The van der Waals surface area contributed by atoms with E-state index in [0.29, 0.717) is 12.5 Å². The Kier molecular flexibility index (Phi) is 6.06. The molecule has 0 spiro atoms. The SMILES string of the molecule is CCC1CN(Cc2ccc(C#CCCO)s2)CCN1C. The molecule has 1 saturated heterocycles. The van der Waals surface area contributed by atoms with Gasteiger partial charge < -0.3 is 10.0 Å². The summed E-state index contributed by atoms with van der Waals surface area (Å²) < 4.78 is 0. The fourth-order valence-corrected chi connectivity index (χ4v) is 3.48. The molecule has 4 heteroatoms. The van der Waals surface area contributed by atoms with E-state index in [4.69, 9.17) is 5.11 Å². The van der Waals surface area contributed by atoms with E-state index in [-0.39, 0.29) is 6.61 Å². The molecule has 1 aromatic rings. The summed E-state index contributed by atoms with van der Waals surface area (Å²) in [6.07, 6.45) is 1.78. The lowest BCUT2D eigenvalue weighted by atomic mass is 10.1. The number of aliphatic hydroxyl groups excluding tert-OH is 1. The molecule has 1 aromatic heterocycles. The third-order valence-corrected chi connectivity index (χ3v) is 4.81. The smallest absolute Gasteiger partial charge is 0.0771 e. The van der Waals surface area contributed by atoms with Crippen LogP contribution in [0.25, 0.3) is 0 Å². The molecule has 1 fully saturated rings. The highest BCUT2D eigenvalue weighted by molar-refractivity contribution is 7.12. The van der Waals surface area contributed by atoms with Gasteiger partial charge in [-0.25, -0.2) is 0 Å². The number of piperazine rings is 1. The molecule has 1 aliphatic rings. The van der Waals surface area contributed by atoms with Crippen LogP contribution in [0.1, 0.15) is 29.5 Å². The molecule has 110 valence electrons. The summed E-state index contributed by atoms with van der Waals surface area (Å²) in [6.45, 7) is 6.92. The standard InChI is InChI=1S/C16H24N2OS/c1-3-14-12-18(10-9-17(14)2)13-16-8-7-15(20-16)6-4-5-11-19/h7-8,14,19H,3,5,9-13H2,1-2H3. The van der Waals surface area contributed by atoms with Crippen LogP contribution in [0.3, 0.4) is 0 Å². The largest absolute Gasteiger partial charge is 0.395 e. The molecule has 0 radical (unpaired) electrons. The molecule has 2 heterocycles. The summed E-state index contributed by atoms with van der Waals surface area (Å²) in [5, 5.41) is 8.73. The molecule has 1 N–H and O–H groups in total. The van der Waals surface area contributed by atoms with Crippen molar-refractivity contribution < 1.29 is 5.11 Å². The Balaban J connectivity index is 1.89. The molecular formula is C16H24N2OS. The molecule has 0 bridgehead atoms. The average Bonchev–Trinajstić information content (AvgIpc) is 2.89. The van der Waals surface area contributed by atoms with Gasteiger partial charge in [-0.2, -0.15) is 0 Å². The van der Waals surface area contributed by atoms with E-state index in [1.165, 1.54) is 11.3 Å². The second kappa shape index (κ2) is 7.80. The van der Waals surface area contributed by atoms with Crippen LogP contribution < -0.4 is 0 Å². The van der Waals surface area contributed by atoms with Gasteiger partial charge in [-0.05, 0) is 25.6 Å². The lowest BCUT2D eigenvalue weighted by Crippen LogP contribution is -2.50. The highest BCUT2D eigenvalue weighted by atomic mass is 32.1. The van der Waals surface area contributed by atoms with Gasteiger partial charge >= 0.3 is 0 Å². The van der Waals surface area contributed by atoms with Crippen LogP contribution in [0.15, 0.2) is 12.1 Å². The Bertz CT molecular complexity index is 474. The van der Waals surface area contributed by atoms with Crippen LogP contribution in [0.5, 0.6) is 0 Å². The van der Waals surface area contributed by atoms with Gasteiger partial charge in [-0.3, -0.25) is 4.90 Å². The van der Waals surface area contributed by atoms with Crippen LogP contribution in [-0.4, -0.2) is 54.2 Å². The number of rotatable bonds is 4. The van der Waals surface area contributed by atoms with E-state index in [0.717, 1.165) is 31.1 Å². The van der Waals surface area contributed by atoms with Crippen LogP contribution in [-0.2, 0) is 6.54 Å². The van der Waals surface area contributed by atoms with E-state index in [9.17, 15) is 0 Å². The van der Waals surface area contributed by atoms with Crippen molar-refractivity contribution in [3.05, 3.63) is 21.9 Å². The number of hydrogen-bond donors (Lipinski definition) is 1. The maximum Gasteiger partial charge on any atom is 0.0771 e. The fourth-order valence-electron chi connectivity index (χ4n) is 2.55. The number of aliphatic hydroxyl groups is 1. The lowest BCUT2D eigenvalue weighted by molar-refractivity contribution is 0.0891. The van der Waals surface area contributed by atoms with Gasteiger partial charge in [-0.15, -0.1) is 11.3 Å². The molecule has 2 rings (SSSR count). The first-order chi connectivity index (χ1) is 9.72. The van der Waals surface area contributed by atoms with E-state index in [2.05, 4.69) is 47.7 Å². The monoisotopic (exact) mass is 292 g/mol. The van der Waals surface area contributed by atoms with Gasteiger partial charge in [0, 0.05) is 43.5 Å². The molecule has 0 aromatic carbocycles. The minimum atomic E-state index is 0.144. The third kappa shape index (κ3) is 4.32. The summed E-state index contributed by atoms with van der Waals surface area (Å²) >= 11 is 1.78. The molecule has 0 amide bonds. The Morgan fingerprint density at radius 1 is 1.40 bits per heavy atom. The van der Waals surface area contributed by atoms with Crippen molar-refractivity contribution in [2.45, 2.75) is 32.4 Å². The fraction of sp³-hybridized carbons (Fsp3) is 0.625. The van der Waals surface area contributed by atoms with Crippen LogP contribution >= 0.6 is 11.3 Å². The van der Waals surface area contributed by atoms with Gasteiger partial charge in [0.05, 0.1) is 11.5 Å². The molecular weight excluding hydrogens is 268 g/mol. The molecule has 1 atom stereocenters. The van der Waals surface area contributed by atoms with E-state index in [1.54, 1.807) is 11.3 Å². The molecule has 0 aliphatic carbocycles. The van der Waals surface area contributed by atoms with Crippen molar-refractivity contribution in [1.82, 2.24) is 9.80 Å². The average molecular weight is 292 g/mol. The van der Waals surface area contributed by atoms with Crippen molar-refractivity contribution in [3.63, 3.8) is 0 Å². The second-order valence-electron chi connectivity index (χ2n) is 5.32. The van der Waals surface area contributed by atoms with Crippen molar-refractivity contribution in [3.8, 4) is 11.8 Å². The van der Waals surface area contributed by atoms with Crippen molar-refractivity contribution in [1.29, 1.82) is 0 Å². The highest BCUT2D eigenvalue weighted by Gasteiger charge is 2.22. The van der Waals surface area contributed by atoms with E-state index < -0.39 is 0 Å². The maximum absolute atomic E-state index is 8.73. The van der Waals surface area contributed by atoms with Crippen LogP contribution in [0.4, 0.5) is 0 Å². The van der Waals surface area contributed by atoms with E-state index >= 15 is 0 Å². The first-order valence-electron chi connectivity index (χ1n) is 7.34. The van der Waals surface area contributed by atoms with Crippen molar-refractivity contribution in [2.75, 3.05) is 33.3 Å². The minimum Gasteiger partial charge on any atom is -0.395 e. The van der Waals surface area contributed by atoms with Crippen molar-refractivity contribution >= 4 is 11.3 Å². The van der Waals surface area contributed by atoms with Gasteiger partial charge in [-0.1, -0.05) is 18.8 Å². The highest BCUT2D eigenvalue weighted by Crippen LogP contribution is 2.20. The Hall–Kier alpha value is -0.860. The third-order valence-electron chi connectivity index (χ3n) is 3.82. The van der Waals surface area contributed by atoms with Gasteiger partial charge in [0.15, 0.2) is 0 Å². The summed E-state index contributed by atoms with van der Waals surface area (Å²) in [5.74, 6) is 6.09. The minimum absolute atomic E-state index is 0.144. The van der Waals surface area contributed by atoms with Crippen LogP contribution in [0, 0.1) is 11.8 Å². The number of hydrogen-bond acceptors (Lipinski definition) is 4. The van der Waals surface area contributed by atoms with Gasteiger partial charge in [0.1, 0.15) is 0 Å². The predicted molar refractivity (Wildman–Crippen MR) is 84.9 cm³/mol. The molecule has 3 nitrogen and oxygen atoms in total. The Labute approximate surface area is 126 Å². The first kappa shape index (κ1) is 15.5. The Morgan fingerprint density at radius 2 is 2.25 bits per heavy atom. The quantitative estimate of drug-likeness (QED) is 0.860. The van der Waals surface area contributed by atoms with Crippen LogP contribution in [0.2, 0.25) is 0 Å². The van der Waals surface area contributed by atoms with Crippen molar-refractivity contribution in [2.24, 2.45) is 0 Å². The van der Waals surface area contributed by atoms with Gasteiger partial charge in [0.2, 0.25) is 0 Å². The molecule has 1 aliphatic heterocycles. The predicted octanol–water partition coefficient (Wildman–Crippen LogP) is 2.01. The Morgan fingerprint density at radius 3 is 3.00 bits per heavy atom. The number of nitrogens with zero attached hydrogens (tertiary/aromatic N) is 2. The zero-order valence-corrected chi connectivity index (χ0v) is 13.2. The lowest BCUT2D eigenvalue weighted by Gasteiger charge is -2.38. The maximum atomic E-state index is 8.73. The zero-order valence-electron chi connectivity index (χ0n) is 12.4. The molecule has 1 unspecified atom stereocenters. The van der Waals surface area contributed by atoms with Gasteiger partial charge in [0.25, 0.3) is 0 Å². The first-order valence-corrected chi connectivity index (χ1v) is 8.15. The summed E-state index contributed by atoms with van der Waals surface area (Å²) in [7, 11) is 2.23. The number of thiophene rings is 1. The van der Waals surface area contributed by atoms with E-state index in [1.807, 2.05) is 0 Å². The summed E-state index contributed by atoms with van der Waals surface area (Å²) in [6, 6.07) is 4.97. The number of likely N-dealkylation sites (N-methyl/N-ethyl adjacent to an activating group) is 1. The molecule has 20 heavy (non-hydrogen) atoms. The zero-order chi connectivity index (χ0) is 14.4. The summed E-state index contributed by atoms with van der Waals surface area (Å²) in [5.41, 5.74) is 0. The normalized spacial score (nSPS) is 20.6. The molecule has 0 saturated carbocycles.